The average molecular weight is 423 g/mol. The first-order valence-electron chi connectivity index (χ1n) is 9.99. The lowest BCUT2D eigenvalue weighted by Crippen LogP contribution is -2.32. The second kappa shape index (κ2) is 8.71. The lowest BCUT2D eigenvalue weighted by atomic mass is 10.1. The molecule has 1 aliphatic heterocycles. The quantitative estimate of drug-likeness (QED) is 0.608. The van der Waals surface area contributed by atoms with E-state index < -0.39 is 0 Å². The number of amides is 2. The zero-order valence-electron chi connectivity index (χ0n) is 17.5. The highest BCUT2D eigenvalue weighted by Crippen LogP contribution is 2.35. The van der Waals surface area contributed by atoms with Gasteiger partial charge >= 0.3 is 6.03 Å². The fourth-order valence-corrected chi connectivity index (χ4v) is 4.41. The van der Waals surface area contributed by atoms with Gasteiger partial charge in [0.2, 0.25) is 5.95 Å². The van der Waals surface area contributed by atoms with Crippen molar-refractivity contribution in [3.8, 4) is 21.0 Å². The van der Waals surface area contributed by atoms with Crippen LogP contribution in [0.4, 0.5) is 16.4 Å². The van der Waals surface area contributed by atoms with E-state index in [0.29, 0.717) is 25.6 Å². The summed E-state index contributed by atoms with van der Waals surface area (Å²) in [7, 11) is 4.09. The van der Waals surface area contributed by atoms with E-state index in [4.69, 9.17) is 4.98 Å². The van der Waals surface area contributed by atoms with Gasteiger partial charge in [-0.2, -0.15) is 0 Å². The van der Waals surface area contributed by atoms with Gasteiger partial charge in [-0.05, 0) is 42.3 Å². The molecule has 30 heavy (non-hydrogen) atoms. The molecule has 8 heteroatoms. The van der Waals surface area contributed by atoms with Crippen molar-refractivity contribution < 1.29 is 4.79 Å². The molecule has 0 atom stereocenters. The predicted molar refractivity (Wildman–Crippen MR) is 123 cm³/mol. The van der Waals surface area contributed by atoms with E-state index in [9.17, 15) is 4.79 Å². The number of nitrogens with one attached hydrogen (secondary N) is 2. The number of rotatable bonds is 7. The van der Waals surface area contributed by atoms with Gasteiger partial charge in [-0.3, -0.25) is 0 Å². The Morgan fingerprint density at radius 3 is 2.63 bits per heavy atom. The van der Waals surface area contributed by atoms with Crippen molar-refractivity contribution in [2.75, 3.05) is 50.5 Å². The van der Waals surface area contributed by atoms with Crippen LogP contribution < -0.4 is 15.5 Å². The van der Waals surface area contributed by atoms with Crippen LogP contribution in [0.2, 0.25) is 0 Å². The summed E-state index contributed by atoms with van der Waals surface area (Å²) in [4.78, 5) is 27.0. The van der Waals surface area contributed by atoms with Crippen LogP contribution >= 0.6 is 11.3 Å². The predicted octanol–water partition coefficient (Wildman–Crippen LogP) is 3.68. The van der Waals surface area contributed by atoms with Gasteiger partial charge in [0, 0.05) is 57.0 Å². The third-order valence-corrected chi connectivity index (χ3v) is 6.23. The molecule has 1 aliphatic rings. The lowest BCUT2D eigenvalue weighted by Gasteiger charge is -2.14. The van der Waals surface area contributed by atoms with Crippen LogP contribution in [-0.4, -0.2) is 61.2 Å². The molecule has 2 N–H and O–H groups in total. The molecule has 0 saturated carbocycles. The van der Waals surface area contributed by atoms with E-state index in [-0.39, 0.29) is 6.03 Å². The van der Waals surface area contributed by atoms with Crippen LogP contribution in [-0.2, 0) is 0 Å². The monoisotopic (exact) mass is 422 g/mol. The van der Waals surface area contributed by atoms with Gasteiger partial charge in [0.15, 0.2) is 0 Å². The summed E-state index contributed by atoms with van der Waals surface area (Å²) in [6, 6.07) is 12.8. The number of carbonyl (C=O) groups excluding carboxylic acids is 1. The first-order chi connectivity index (χ1) is 14.5. The zero-order valence-corrected chi connectivity index (χ0v) is 18.3. The van der Waals surface area contributed by atoms with Crippen molar-refractivity contribution in [2.45, 2.75) is 6.92 Å². The van der Waals surface area contributed by atoms with Gasteiger partial charge < -0.3 is 20.4 Å². The summed E-state index contributed by atoms with van der Waals surface area (Å²) >= 11 is 1.73. The Morgan fingerprint density at radius 2 is 1.93 bits per heavy atom. The molecule has 2 amide bonds. The molecule has 0 spiro atoms. The highest BCUT2D eigenvalue weighted by atomic mass is 32.1. The van der Waals surface area contributed by atoms with Crippen LogP contribution in [0.5, 0.6) is 0 Å². The van der Waals surface area contributed by atoms with Crippen LogP contribution in [0.15, 0.2) is 42.6 Å². The molecule has 7 nitrogen and oxygen atoms in total. The third kappa shape index (κ3) is 4.38. The number of hydrogen-bond donors (Lipinski definition) is 2. The topological polar surface area (TPSA) is 73.4 Å². The summed E-state index contributed by atoms with van der Waals surface area (Å²) in [5.74, 6) is 0.584. The van der Waals surface area contributed by atoms with Gasteiger partial charge in [-0.1, -0.05) is 12.1 Å². The van der Waals surface area contributed by atoms with E-state index >= 15 is 0 Å². The number of nitrogens with zero attached hydrogens (tertiary/aromatic N) is 4. The number of carbonyl (C=O) groups is 1. The van der Waals surface area contributed by atoms with Gasteiger partial charge in [0.05, 0.1) is 10.6 Å². The van der Waals surface area contributed by atoms with Crippen molar-refractivity contribution in [2.24, 2.45) is 0 Å². The van der Waals surface area contributed by atoms with E-state index in [2.05, 4.69) is 56.9 Å². The molecule has 1 saturated heterocycles. The Labute approximate surface area is 180 Å². The molecule has 4 rings (SSSR count). The molecule has 0 bridgehead atoms. The van der Waals surface area contributed by atoms with Gasteiger partial charge in [0.25, 0.3) is 0 Å². The number of aryl methyl sites for hydroxylation is 1. The maximum Gasteiger partial charge on any atom is 0.317 e. The summed E-state index contributed by atoms with van der Waals surface area (Å²) in [5.41, 5.74) is 4.36. The second-order valence-corrected chi connectivity index (χ2v) is 8.56. The fraction of sp³-hybridized carbons (Fsp3) is 0.318. The number of anilines is 2. The van der Waals surface area contributed by atoms with E-state index in [0.717, 1.165) is 22.7 Å². The number of hydrogen-bond acceptors (Lipinski definition) is 6. The number of thiophene rings is 1. The molecule has 0 aliphatic carbocycles. The maximum atomic E-state index is 11.6. The molecule has 2 aromatic heterocycles. The largest absolute Gasteiger partial charge is 0.378 e. The minimum Gasteiger partial charge on any atom is -0.378 e. The van der Waals surface area contributed by atoms with Crippen molar-refractivity contribution in [1.82, 2.24) is 20.2 Å². The Kier molecular flexibility index (Phi) is 5.85. The van der Waals surface area contributed by atoms with Gasteiger partial charge in [-0.25, -0.2) is 14.8 Å². The summed E-state index contributed by atoms with van der Waals surface area (Å²) in [6.45, 7) is 4.73. The fourth-order valence-electron chi connectivity index (χ4n) is 3.35. The number of benzene rings is 1. The Hall–Kier alpha value is -3.13. The summed E-state index contributed by atoms with van der Waals surface area (Å²) in [6.07, 6.45) is 1.85. The highest BCUT2D eigenvalue weighted by Gasteiger charge is 2.18. The number of urea groups is 1. The Morgan fingerprint density at radius 1 is 1.17 bits per heavy atom. The molecule has 156 valence electrons. The lowest BCUT2D eigenvalue weighted by molar-refractivity contribution is 0.219. The second-order valence-electron chi connectivity index (χ2n) is 7.48. The molecular weight excluding hydrogens is 396 g/mol. The Bertz CT molecular complexity index is 1030. The minimum atomic E-state index is -0.00737. The van der Waals surface area contributed by atoms with E-state index in [1.54, 1.807) is 16.2 Å². The smallest absolute Gasteiger partial charge is 0.317 e. The summed E-state index contributed by atoms with van der Waals surface area (Å²) in [5, 5.41) is 6.05. The van der Waals surface area contributed by atoms with Crippen LogP contribution in [0.1, 0.15) is 5.56 Å². The van der Waals surface area contributed by atoms with E-state index in [1.165, 1.54) is 16.1 Å². The molecular formula is C22H26N6OS. The normalized spacial score (nSPS) is 13.4. The SMILES string of the molecule is Cc1cnc(NCCN2CCNC2=O)nc1-c1ccc(-c2ccc(N(C)C)cc2)s1. The van der Waals surface area contributed by atoms with Crippen LogP contribution in [0, 0.1) is 6.92 Å². The molecule has 1 aromatic carbocycles. The number of aromatic nitrogens is 2. The molecule has 3 heterocycles. The van der Waals surface area contributed by atoms with Crippen molar-refractivity contribution in [1.29, 1.82) is 0 Å². The van der Waals surface area contributed by atoms with E-state index in [1.807, 2.05) is 27.2 Å². The zero-order chi connectivity index (χ0) is 21.1. The van der Waals surface area contributed by atoms with Crippen LogP contribution in [0.3, 0.4) is 0 Å². The summed E-state index contributed by atoms with van der Waals surface area (Å²) < 4.78 is 0. The average Bonchev–Trinajstić information content (AvgIpc) is 3.39. The van der Waals surface area contributed by atoms with Crippen molar-refractivity contribution in [3.63, 3.8) is 0 Å². The molecule has 0 unspecified atom stereocenters. The maximum absolute atomic E-state index is 11.6. The standard InChI is InChI=1S/C22H26N6OS/c1-15-14-25-21(23-10-12-28-13-11-24-22(28)29)26-20(15)19-9-8-18(30-19)16-4-6-17(7-5-16)27(2)3/h4-9,14H,10-13H2,1-3H3,(H,24,29)(H,23,25,26). The molecule has 1 fully saturated rings. The first kappa shape index (κ1) is 20.2. The van der Waals surface area contributed by atoms with Gasteiger partial charge in [0.1, 0.15) is 0 Å². The Balaban J connectivity index is 1.47. The molecule has 0 radical (unpaired) electrons. The van der Waals surface area contributed by atoms with Crippen molar-refractivity contribution >= 4 is 29.0 Å². The molecule has 3 aromatic rings. The van der Waals surface area contributed by atoms with Crippen molar-refractivity contribution in [3.05, 3.63) is 48.2 Å². The first-order valence-corrected chi connectivity index (χ1v) is 10.8. The third-order valence-electron chi connectivity index (χ3n) is 5.09. The van der Waals surface area contributed by atoms with Gasteiger partial charge in [-0.15, -0.1) is 11.3 Å². The minimum absolute atomic E-state index is 0.00737. The highest BCUT2D eigenvalue weighted by molar-refractivity contribution is 7.18. The van der Waals surface area contributed by atoms with Crippen LogP contribution in [0.25, 0.3) is 21.0 Å².